The van der Waals surface area contributed by atoms with E-state index in [0.717, 1.165) is 18.4 Å². The van der Waals surface area contributed by atoms with E-state index in [4.69, 9.17) is 9.47 Å². The Morgan fingerprint density at radius 2 is 1.96 bits per heavy atom. The third-order valence-electron chi connectivity index (χ3n) is 5.25. The fraction of sp³-hybridized carbons (Fsp3) is 0.600. The number of benzene rings is 1. The first-order chi connectivity index (χ1) is 13.1. The number of hydrogen-bond donors (Lipinski definition) is 1. The second-order valence-electron chi connectivity index (χ2n) is 7.04. The summed E-state index contributed by atoms with van der Waals surface area (Å²) in [6.45, 7) is 3.86. The Kier molecular flexibility index (Phi) is 6.66. The number of urea groups is 1. The average molecular weight is 378 g/mol. The van der Waals surface area contributed by atoms with Gasteiger partial charge in [0, 0.05) is 19.7 Å². The fourth-order valence-corrected chi connectivity index (χ4v) is 3.73. The van der Waals surface area contributed by atoms with Crippen LogP contribution in [0.1, 0.15) is 44.2 Å². The van der Waals surface area contributed by atoms with Gasteiger partial charge in [-0.2, -0.15) is 0 Å². The number of likely N-dealkylation sites (tertiary alicyclic amines) is 1. The van der Waals surface area contributed by atoms with Crippen LogP contribution in [0.5, 0.6) is 0 Å². The summed E-state index contributed by atoms with van der Waals surface area (Å²) in [6, 6.07) is 5.68. The van der Waals surface area contributed by atoms with Crippen molar-refractivity contribution in [2.45, 2.75) is 44.8 Å². The van der Waals surface area contributed by atoms with Crippen molar-refractivity contribution in [3.8, 4) is 0 Å². The van der Waals surface area contributed by atoms with Crippen molar-refractivity contribution in [3.63, 3.8) is 0 Å². The maximum Gasteiger partial charge on any atom is 0.317 e. The van der Waals surface area contributed by atoms with Crippen molar-refractivity contribution in [1.82, 2.24) is 10.2 Å². The largest absolute Gasteiger partial charge is 0.466 e. The van der Waals surface area contributed by atoms with E-state index in [-0.39, 0.29) is 35.9 Å². The molecule has 2 atom stereocenters. The minimum Gasteiger partial charge on any atom is -0.466 e. The minimum absolute atomic E-state index is 0.114. The molecule has 0 saturated carbocycles. The zero-order valence-electron chi connectivity index (χ0n) is 15.7. The quantitative estimate of drug-likeness (QED) is 0.800. The van der Waals surface area contributed by atoms with Crippen LogP contribution in [0.3, 0.4) is 0 Å². The van der Waals surface area contributed by atoms with Crippen LogP contribution in [0.25, 0.3) is 0 Å². The number of ether oxygens (including phenoxy) is 2. The zero-order valence-corrected chi connectivity index (χ0v) is 15.7. The molecule has 27 heavy (non-hydrogen) atoms. The normalized spacial score (nSPS) is 21.7. The van der Waals surface area contributed by atoms with Crippen molar-refractivity contribution < 1.29 is 23.5 Å². The lowest BCUT2D eigenvalue weighted by atomic mass is 9.97. The van der Waals surface area contributed by atoms with Crippen molar-refractivity contribution in [3.05, 3.63) is 35.6 Å². The SMILES string of the molecule is CCOC(=O)C1CCN(C(=O)NC(c2ccc(F)cc2)C2CCCO2)CC1. The maximum absolute atomic E-state index is 13.3. The Bertz CT molecular complexity index is 638. The van der Waals surface area contributed by atoms with E-state index in [1.54, 1.807) is 24.0 Å². The third kappa shape index (κ3) is 4.97. The molecule has 3 rings (SSSR count). The number of nitrogens with one attached hydrogen (secondary N) is 1. The molecule has 2 saturated heterocycles. The van der Waals surface area contributed by atoms with Crippen LogP contribution in [0.15, 0.2) is 24.3 Å². The molecule has 2 aliphatic rings. The van der Waals surface area contributed by atoms with Gasteiger partial charge in [0.25, 0.3) is 0 Å². The number of rotatable bonds is 5. The third-order valence-corrected chi connectivity index (χ3v) is 5.25. The monoisotopic (exact) mass is 378 g/mol. The number of halogens is 1. The summed E-state index contributed by atoms with van der Waals surface area (Å²) in [6.07, 6.45) is 2.90. The van der Waals surface area contributed by atoms with Gasteiger partial charge >= 0.3 is 12.0 Å². The number of piperidine rings is 1. The standard InChI is InChI=1S/C20H27FN2O4/c1-2-26-19(24)15-9-11-23(12-10-15)20(25)22-18(17-4-3-13-27-17)14-5-7-16(21)8-6-14/h5-8,15,17-18H,2-4,9-13H2,1H3,(H,22,25). The van der Waals surface area contributed by atoms with E-state index < -0.39 is 0 Å². The second-order valence-corrected chi connectivity index (χ2v) is 7.04. The topological polar surface area (TPSA) is 67.9 Å². The number of hydrogen-bond acceptors (Lipinski definition) is 4. The first-order valence-electron chi connectivity index (χ1n) is 9.67. The second kappa shape index (κ2) is 9.17. The molecule has 148 valence electrons. The zero-order chi connectivity index (χ0) is 19.2. The summed E-state index contributed by atoms with van der Waals surface area (Å²) >= 11 is 0. The van der Waals surface area contributed by atoms with Gasteiger partial charge in [-0.05, 0) is 50.3 Å². The van der Waals surface area contributed by atoms with Crippen molar-refractivity contribution in [2.24, 2.45) is 5.92 Å². The Hall–Kier alpha value is -2.15. The van der Waals surface area contributed by atoms with E-state index >= 15 is 0 Å². The summed E-state index contributed by atoms with van der Waals surface area (Å²) in [5, 5.41) is 3.06. The molecule has 2 aliphatic heterocycles. The smallest absolute Gasteiger partial charge is 0.317 e. The lowest BCUT2D eigenvalue weighted by Gasteiger charge is -2.33. The highest BCUT2D eigenvalue weighted by Gasteiger charge is 2.32. The molecule has 0 bridgehead atoms. The summed E-state index contributed by atoms with van der Waals surface area (Å²) in [4.78, 5) is 26.4. The Morgan fingerprint density at radius 1 is 1.26 bits per heavy atom. The fourth-order valence-electron chi connectivity index (χ4n) is 3.73. The number of carbonyl (C=O) groups excluding carboxylic acids is 2. The van der Waals surface area contributed by atoms with Gasteiger partial charge in [0.05, 0.1) is 24.7 Å². The van der Waals surface area contributed by atoms with Crippen molar-refractivity contribution in [2.75, 3.05) is 26.3 Å². The lowest BCUT2D eigenvalue weighted by molar-refractivity contribution is -0.149. The molecular formula is C20H27FN2O4. The van der Waals surface area contributed by atoms with Gasteiger partial charge in [-0.1, -0.05) is 12.1 Å². The highest BCUT2D eigenvalue weighted by molar-refractivity contribution is 5.76. The average Bonchev–Trinajstić information content (AvgIpc) is 3.21. The van der Waals surface area contributed by atoms with Crippen LogP contribution in [-0.2, 0) is 14.3 Å². The van der Waals surface area contributed by atoms with Crippen LogP contribution in [0.2, 0.25) is 0 Å². The van der Waals surface area contributed by atoms with E-state index in [0.29, 0.717) is 39.1 Å². The van der Waals surface area contributed by atoms with E-state index in [9.17, 15) is 14.0 Å². The van der Waals surface area contributed by atoms with Gasteiger partial charge in [-0.3, -0.25) is 4.79 Å². The van der Waals surface area contributed by atoms with Crippen LogP contribution in [0, 0.1) is 11.7 Å². The van der Waals surface area contributed by atoms with Gasteiger partial charge in [0.2, 0.25) is 0 Å². The number of amides is 2. The Morgan fingerprint density at radius 3 is 2.56 bits per heavy atom. The van der Waals surface area contributed by atoms with Crippen LogP contribution in [-0.4, -0.2) is 49.3 Å². The molecule has 0 spiro atoms. The van der Waals surface area contributed by atoms with Crippen LogP contribution < -0.4 is 5.32 Å². The number of carbonyl (C=O) groups is 2. The molecule has 1 aromatic rings. The molecule has 1 N–H and O–H groups in total. The molecule has 1 aromatic carbocycles. The minimum atomic E-state index is -0.316. The van der Waals surface area contributed by atoms with Gasteiger partial charge in [0.15, 0.2) is 0 Å². The molecule has 0 aromatic heterocycles. The summed E-state index contributed by atoms with van der Waals surface area (Å²) in [5.41, 5.74) is 0.832. The van der Waals surface area contributed by atoms with Crippen LogP contribution >= 0.6 is 0 Å². The Balaban J connectivity index is 1.61. The van der Waals surface area contributed by atoms with Gasteiger partial charge in [-0.25, -0.2) is 9.18 Å². The Labute approximate surface area is 159 Å². The van der Waals surface area contributed by atoms with Crippen molar-refractivity contribution in [1.29, 1.82) is 0 Å². The maximum atomic E-state index is 13.3. The predicted molar refractivity (Wildman–Crippen MR) is 97.6 cm³/mol. The summed E-state index contributed by atoms with van der Waals surface area (Å²) in [7, 11) is 0. The first-order valence-corrected chi connectivity index (χ1v) is 9.67. The van der Waals surface area contributed by atoms with Gasteiger partial charge in [-0.15, -0.1) is 0 Å². The van der Waals surface area contributed by atoms with E-state index in [1.807, 2.05) is 0 Å². The number of esters is 1. The van der Waals surface area contributed by atoms with Gasteiger partial charge < -0.3 is 19.7 Å². The molecule has 2 fully saturated rings. The highest BCUT2D eigenvalue weighted by atomic mass is 19.1. The summed E-state index contributed by atoms with van der Waals surface area (Å²) < 4.78 is 24.1. The van der Waals surface area contributed by atoms with Crippen LogP contribution in [0.4, 0.5) is 9.18 Å². The molecular weight excluding hydrogens is 351 g/mol. The predicted octanol–water partition coefficient (Wildman–Crippen LogP) is 3.03. The molecule has 0 radical (unpaired) electrons. The first kappa shape index (κ1) is 19.6. The highest BCUT2D eigenvalue weighted by Crippen LogP contribution is 2.28. The number of nitrogens with zero attached hydrogens (tertiary/aromatic N) is 1. The van der Waals surface area contributed by atoms with E-state index in [1.165, 1.54) is 12.1 Å². The van der Waals surface area contributed by atoms with E-state index in [2.05, 4.69) is 5.32 Å². The molecule has 0 aliphatic carbocycles. The lowest BCUT2D eigenvalue weighted by Crippen LogP contribution is -2.48. The van der Waals surface area contributed by atoms with Crippen molar-refractivity contribution >= 4 is 12.0 Å². The van der Waals surface area contributed by atoms with Gasteiger partial charge in [0.1, 0.15) is 5.82 Å². The summed E-state index contributed by atoms with van der Waals surface area (Å²) in [5.74, 6) is -0.627. The molecule has 7 heteroatoms. The molecule has 6 nitrogen and oxygen atoms in total. The molecule has 2 heterocycles. The molecule has 2 amide bonds. The molecule has 2 unspecified atom stereocenters.